The van der Waals surface area contributed by atoms with Crippen molar-refractivity contribution in [3.8, 4) is 0 Å². The number of hydrogen-bond acceptors (Lipinski definition) is 2. The zero-order chi connectivity index (χ0) is 13.0. The van der Waals surface area contributed by atoms with Gasteiger partial charge in [0.1, 0.15) is 0 Å². The fourth-order valence-electron chi connectivity index (χ4n) is 1.78. The average molecular weight is 242 g/mol. The van der Waals surface area contributed by atoms with E-state index in [1.54, 1.807) is 4.90 Å². The van der Waals surface area contributed by atoms with E-state index in [-0.39, 0.29) is 18.0 Å². The van der Waals surface area contributed by atoms with Crippen molar-refractivity contribution >= 4 is 12.0 Å². The number of carboxylic acids is 1. The van der Waals surface area contributed by atoms with E-state index in [1.807, 2.05) is 6.92 Å². The van der Waals surface area contributed by atoms with Crippen LogP contribution in [0.4, 0.5) is 4.79 Å². The van der Waals surface area contributed by atoms with Crippen LogP contribution in [0.2, 0.25) is 0 Å². The summed E-state index contributed by atoms with van der Waals surface area (Å²) in [6, 6.07) is 0.0646. The summed E-state index contributed by atoms with van der Waals surface area (Å²) in [7, 11) is 0. The Labute approximate surface area is 102 Å². The highest BCUT2D eigenvalue weighted by Crippen LogP contribution is 2.17. The van der Waals surface area contributed by atoms with Gasteiger partial charge in [-0.1, -0.05) is 13.8 Å². The third-order valence-corrected chi connectivity index (χ3v) is 3.48. The first-order valence-electron chi connectivity index (χ1n) is 6.20. The lowest BCUT2D eigenvalue weighted by Gasteiger charge is -2.31. The zero-order valence-electron chi connectivity index (χ0n) is 10.8. The quantitative estimate of drug-likeness (QED) is 0.788. The molecule has 0 bridgehead atoms. The van der Waals surface area contributed by atoms with Gasteiger partial charge in [0.2, 0.25) is 0 Å². The van der Waals surface area contributed by atoms with Gasteiger partial charge in [-0.25, -0.2) is 4.79 Å². The molecule has 2 N–H and O–H groups in total. The largest absolute Gasteiger partial charge is 0.481 e. The molecular weight excluding hydrogens is 220 g/mol. The molecule has 1 rings (SSSR count). The number of piperidine rings is 1. The maximum atomic E-state index is 11.9. The summed E-state index contributed by atoms with van der Waals surface area (Å²) in [4.78, 5) is 24.3. The Hall–Kier alpha value is -1.26. The predicted octanol–water partition coefficient (Wildman–Crippen LogP) is 1.54. The van der Waals surface area contributed by atoms with Gasteiger partial charge in [0, 0.05) is 19.1 Å². The van der Waals surface area contributed by atoms with E-state index in [1.165, 1.54) is 0 Å². The standard InChI is InChI=1S/C12H22N2O3/c1-8(2)9(3)13-12(17)14-6-4-10(5-7-14)11(15)16/h8-10H,4-7H2,1-3H3,(H,13,17)(H,15,16). The highest BCUT2D eigenvalue weighted by atomic mass is 16.4. The number of carboxylic acid groups (broad SMARTS) is 1. The van der Waals surface area contributed by atoms with Crippen LogP contribution >= 0.6 is 0 Å². The lowest BCUT2D eigenvalue weighted by atomic mass is 9.97. The second-order valence-electron chi connectivity index (χ2n) is 5.08. The molecule has 0 spiro atoms. The molecule has 0 saturated carbocycles. The summed E-state index contributed by atoms with van der Waals surface area (Å²) in [5.74, 6) is -0.641. The first-order chi connectivity index (χ1) is 7.91. The van der Waals surface area contributed by atoms with Gasteiger partial charge < -0.3 is 15.3 Å². The minimum atomic E-state index is -0.749. The van der Waals surface area contributed by atoms with E-state index in [2.05, 4.69) is 19.2 Å². The van der Waals surface area contributed by atoms with Crippen LogP contribution in [0.1, 0.15) is 33.6 Å². The number of likely N-dealkylation sites (tertiary alicyclic amines) is 1. The van der Waals surface area contributed by atoms with Crippen molar-refractivity contribution in [2.75, 3.05) is 13.1 Å². The monoisotopic (exact) mass is 242 g/mol. The van der Waals surface area contributed by atoms with Gasteiger partial charge in [0.05, 0.1) is 5.92 Å². The molecule has 1 fully saturated rings. The second kappa shape index (κ2) is 5.89. The van der Waals surface area contributed by atoms with Crippen molar-refractivity contribution in [2.45, 2.75) is 39.7 Å². The number of amides is 2. The molecule has 0 aromatic rings. The first kappa shape index (κ1) is 13.8. The van der Waals surface area contributed by atoms with E-state index >= 15 is 0 Å². The number of nitrogens with zero attached hydrogens (tertiary/aromatic N) is 1. The molecule has 0 aromatic carbocycles. The Morgan fingerprint density at radius 2 is 1.76 bits per heavy atom. The summed E-state index contributed by atoms with van der Waals surface area (Å²) in [6.07, 6.45) is 1.11. The maximum absolute atomic E-state index is 11.9. The Balaban J connectivity index is 2.38. The molecule has 1 saturated heterocycles. The van der Waals surface area contributed by atoms with Crippen molar-refractivity contribution in [2.24, 2.45) is 11.8 Å². The number of aliphatic carboxylic acids is 1. The molecule has 0 aromatic heterocycles. The van der Waals surface area contributed by atoms with Gasteiger partial charge in [0.25, 0.3) is 0 Å². The molecule has 98 valence electrons. The van der Waals surface area contributed by atoms with Gasteiger partial charge in [-0.15, -0.1) is 0 Å². The Morgan fingerprint density at radius 3 is 2.18 bits per heavy atom. The van der Waals surface area contributed by atoms with Gasteiger partial charge in [-0.3, -0.25) is 4.79 Å². The Kier molecular flexibility index (Phi) is 4.78. The van der Waals surface area contributed by atoms with Crippen molar-refractivity contribution in [3.05, 3.63) is 0 Å². The highest BCUT2D eigenvalue weighted by molar-refractivity contribution is 5.75. The van der Waals surface area contributed by atoms with Crippen LogP contribution in [-0.4, -0.2) is 41.1 Å². The van der Waals surface area contributed by atoms with Crippen LogP contribution < -0.4 is 5.32 Å². The number of hydrogen-bond donors (Lipinski definition) is 2. The number of rotatable bonds is 3. The van der Waals surface area contributed by atoms with Crippen LogP contribution in [-0.2, 0) is 4.79 Å². The molecule has 1 aliphatic heterocycles. The molecule has 1 heterocycles. The summed E-state index contributed by atoms with van der Waals surface area (Å²) in [6.45, 7) is 7.16. The summed E-state index contributed by atoms with van der Waals surface area (Å²) in [5, 5.41) is 11.8. The number of urea groups is 1. The Morgan fingerprint density at radius 1 is 1.24 bits per heavy atom. The average Bonchev–Trinajstić information content (AvgIpc) is 2.28. The van der Waals surface area contributed by atoms with E-state index in [9.17, 15) is 9.59 Å². The third-order valence-electron chi connectivity index (χ3n) is 3.48. The molecule has 5 heteroatoms. The summed E-state index contributed by atoms with van der Waals surface area (Å²) < 4.78 is 0. The summed E-state index contributed by atoms with van der Waals surface area (Å²) in [5.41, 5.74) is 0. The molecule has 17 heavy (non-hydrogen) atoms. The lowest BCUT2D eigenvalue weighted by Crippen LogP contribution is -2.49. The van der Waals surface area contributed by atoms with Crippen molar-refractivity contribution < 1.29 is 14.7 Å². The molecule has 5 nitrogen and oxygen atoms in total. The van der Waals surface area contributed by atoms with Crippen LogP contribution in [0.15, 0.2) is 0 Å². The molecule has 2 amide bonds. The lowest BCUT2D eigenvalue weighted by molar-refractivity contribution is -0.143. The topological polar surface area (TPSA) is 69.6 Å². The third kappa shape index (κ3) is 3.91. The Bertz CT molecular complexity index is 283. The first-order valence-corrected chi connectivity index (χ1v) is 6.20. The minimum absolute atomic E-state index is 0.0740. The molecule has 0 radical (unpaired) electrons. The number of nitrogens with one attached hydrogen (secondary N) is 1. The van der Waals surface area contributed by atoms with Gasteiger partial charge in [0.15, 0.2) is 0 Å². The van der Waals surface area contributed by atoms with Crippen LogP contribution in [0, 0.1) is 11.8 Å². The van der Waals surface area contributed by atoms with Crippen molar-refractivity contribution in [1.29, 1.82) is 0 Å². The minimum Gasteiger partial charge on any atom is -0.481 e. The summed E-state index contributed by atoms with van der Waals surface area (Å²) >= 11 is 0. The fourth-order valence-corrected chi connectivity index (χ4v) is 1.78. The fraction of sp³-hybridized carbons (Fsp3) is 0.833. The maximum Gasteiger partial charge on any atom is 0.317 e. The molecule has 0 aliphatic carbocycles. The van der Waals surface area contributed by atoms with Gasteiger partial charge in [-0.2, -0.15) is 0 Å². The van der Waals surface area contributed by atoms with Gasteiger partial charge in [-0.05, 0) is 25.7 Å². The van der Waals surface area contributed by atoms with E-state index in [0.29, 0.717) is 31.8 Å². The smallest absolute Gasteiger partial charge is 0.317 e. The van der Waals surface area contributed by atoms with E-state index in [0.717, 1.165) is 0 Å². The molecular formula is C12H22N2O3. The predicted molar refractivity (Wildman–Crippen MR) is 64.8 cm³/mol. The highest BCUT2D eigenvalue weighted by Gasteiger charge is 2.27. The van der Waals surface area contributed by atoms with E-state index in [4.69, 9.17) is 5.11 Å². The van der Waals surface area contributed by atoms with Crippen LogP contribution in [0.3, 0.4) is 0 Å². The molecule has 1 unspecified atom stereocenters. The second-order valence-corrected chi connectivity index (χ2v) is 5.08. The molecule has 1 aliphatic rings. The molecule has 1 atom stereocenters. The van der Waals surface area contributed by atoms with Crippen molar-refractivity contribution in [1.82, 2.24) is 10.2 Å². The SMILES string of the molecule is CC(C)C(C)NC(=O)N1CCC(C(=O)O)CC1. The van der Waals surface area contributed by atoms with Gasteiger partial charge >= 0.3 is 12.0 Å². The normalized spacial score (nSPS) is 19.2. The van der Waals surface area contributed by atoms with E-state index < -0.39 is 5.97 Å². The van der Waals surface area contributed by atoms with Crippen LogP contribution in [0.5, 0.6) is 0 Å². The zero-order valence-corrected chi connectivity index (χ0v) is 10.8. The number of carbonyl (C=O) groups is 2. The van der Waals surface area contributed by atoms with Crippen LogP contribution in [0.25, 0.3) is 0 Å². The number of carbonyl (C=O) groups excluding carboxylic acids is 1. The van der Waals surface area contributed by atoms with Crippen molar-refractivity contribution in [3.63, 3.8) is 0 Å².